The van der Waals surface area contributed by atoms with Gasteiger partial charge in [0.15, 0.2) is 0 Å². The van der Waals surface area contributed by atoms with Gasteiger partial charge < -0.3 is 15.0 Å². The Kier molecular flexibility index (Phi) is 12.0. The van der Waals surface area contributed by atoms with Crippen molar-refractivity contribution in [3.63, 3.8) is 0 Å². The fourth-order valence-electron chi connectivity index (χ4n) is 5.00. The largest absolute Gasteiger partial charge is 0.494 e. The van der Waals surface area contributed by atoms with Gasteiger partial charge in [0.1, 0.15) is 11.8 Å². The first-order valence-electron chi connectivity index (χ1n) is 13.8. The molecule has 0 aromatic heterocycles. The van der Waals surface area contributed by atoms with E-state index in [1.165, 1.54) is 4.31 Å². The van der Waals surface area contributed by atoms with Crippen molar-refractivity contribution in [1.82, 2.24) is 10.2 Å². The molecule has 1 atom stereocenters. The van der Waals surface area contributed by atoms with Crippen molar-refractivity contribution in [2.24, 2.45) is 0 Å². The number of hydrogen-bond donors (Lipinski definition) is 1. The highest BCUT2D eigenvalue weighted by Crippen LogP contribution is 2.26. The van der Waals surface area contributed by atoms with E-state index in [2.05, 4.69) is 5.32 Å². The van der Waals surface area contributed by atoms with Crippen LogP contribution in [0.1, 0.15) is 64.4 Å². The Balaban J connectivity index is 1.77. The molecule has 40 heavy (non-hydrogen) atoms. The minimum atomic E-state index is -3.59. The number of rotatable bonds is 14. The van der Waals surface area contributed by atoms with E-state index in [1.807, 2.05) is 13.8 Å². The van der Waals surface area contributed by atoms with E-state index in [-0.39, 0.29) is 43.8 Å². The number of halogens is 2. The van der Waals surface area contributed by atoms with Crippen molar-refractivity contribution in [2.45, 2.75) is 77.4 Å². The highest BCUT2D eigenvalue weighted by molar-refractivity contribution is 7.92. The van der Waals surface area contributed by atoms with Crippen molar-refractivity contribution < 1.29 is 22.7 Å². The Morgan fingerprint density at radius 3 is 2.33 bits per heavy atom. The summed E-state index contributed by atoms with van der Waals surface area (Å²) in [5.74, 6) is 0.215. The number of ether oxygens (including phenoxy) is 1. The Morgan fingerprint density at radius 1 is 1.07 bits per heavy atom. The Morgan fingerprint density at radius 2 is 1.75 bits per heavy atom. The second-order valence-electron chi connectivity index (χ2n) is 10.0. The van der Waals surface area contributed by atoms with Crippen LogP contribution in [0.25, 0.3) is 0 Å². The van der Waals surface area contributed by atoms with Gasteiger partial charge in [0.2, 0.25) is 21.8 Å². The number of hydrogen-bond acceptors (Lipinski definition) is 5. The van der Waals surface area contributed by atoms with E-state index >= 15 is 0 Å². The lowest BCUT2D eigenvalue weighted by Crippen LogP contribution is -2.51. The van der Waals surface area contributed by atoms with E-state index in [1.54, 1.807) is 47.4 Å². The zero-order chi connectivity index (χ0) is 29.3. The van der Waals surface area contributed by atoms with E-state index < -0.39 is 16.1 Å². The summed E-state index contributed by atoms with van der Waals surface area (Å²) in [7, 11) is -3.59. The molecule has 2 amide bonds. The highest BCUT2D eigenvalue weighted by Gasteiger charge is 2.31. The number of benzene rings is 2. The molecule has 1 aliphatic rings. The number of anilines is 1. The fraction of sp³-hybridized carbons (Fsp3) is 0.517. The summed E-state index contributed by atoms with van der Waals surface area (Å²) in [6.45, 7) is 4.50. The molecule has 0 aliphatic heterocycles. The normalized spacial score (nSPS) is 14.5. The topological polar surface area (TPSA) is 96.0 Å². The molecule has 0 saturated heterocycles. The van der Waals surface area contributed by atoms with Crippen LogP contribution >= 0.6 is 23.2 Å². The van der Waals surface area contributed by atoms with Gasteiger partial charge in [-0.15, -0.1) is 0 Å². The van der Waals surface area contributed by atoms with Crippen LogP contribution in [0.2, 0.25) is 10.0 Å². The van der Waals surface area contributed by atoms with Crippen LogP contribution in [0.3, 0.4) is 0 Å². The number of nitrogens with one attached hydrogen (secondary N) is 1. The van der Waals surface area contributed by atoms with Gasteiger partial charge in [0, 0.05) is 35.6 Å². The molecule has 0 unspecified atom stereocenters. The molecular weight excluding hydrogens is 573 g/mol. The first-order chi connectivity index (χ1) is 19.0. The predicted molar refractivity (Wildman–Crippen MR) is 161 cm³/mol. The van der Waals surface area contributed by atoms with Crippen LogP contribution in [-0.4, -0.2) is 56.6 Å². The number of amides is 2. The molecule has 11 heteroatoms. The third-order valence-electron chi connectivity index (χ3n) is 7.03. The molecule has 0 heterocycles. The first kappa shape index (κ1) is 32.0. The number of carbonyl (C=O) groups is 2. The lowest BCUT2D eigenvalue weighted by Gasteiger charge is -2.32. The Hall–Kier alpha value is -2.49. The van der Waals surface area contributed by atoms with E-state index in [0.29, 0.717) is 40.1 Å². The van der Waals surface area contributed by atoms with Crippen molar-refractivity contribution in [3.8, 4) is 5.75 Å². The second-order valence-corrected chi connectivity index (χ2v) is 12.8. The van der Waals surface area contributed by atoms with Gasteiger partial charge in [-0.3, -0.25) is 13.9 Å². The van der Waals surface area contributed by atoms with Gasteiger partial charge in [-0.1, -0.05) is 49.0 Å². The van der Waals surface area contributed by atoms with Crippen LogP contribution in [0.15, 0.2) is 42.5 Å². The average Bonchev–Trinajstić information content (AvgIpc) is 3.41. The molecule has 2 aromatic rings. The Labute approximate surface area is 248 Å². The van der Waals surface area contributed by atoms with Crippen molar-refractivity contribution in [3.05, 3.63) is 58.1 Å². The molecule has 1 N–H and O–H groups in total. The highest BCUT2D eigenvalue weighted by atomic mass is 35.5. The maximum absolute atomic E-state index is 13.6. The molecule has 3 rings (SSSR count). The SMILES string of the molecule is CCOc1ccc(N(CCCC(=O)N(Cc2ccc(Cl)cc2Cl)[C@@H](CC)C(=O)NC2CCCC2)S(C)(=O)=O)cc1. The van der Waals surface area contributed by atoms with Crippen molar-refractivity contribution in [2.75, 3.05) is 23.7 Å². The third-order valence-corrected chi connectivity index (χ3v) is 8.81. The van der Waals surface area contributed by atoms with Gasteiger partial charge in [0.25, 0.3) is 0 Å². The zero-order valence-electron chi connectivity index (χ0n) is 23.4. The van der Waals surface area contributed by atoms with Gasteiger partial charge >= 0.3 is 0 Å². The van der Waals surface area contributed by atoms with Crippen LogP contribution in [0.5, 0.6) is 5.75 Å². The zero-order valence-corrected chi connectivity index (χ0v) is 25.7. The van der Waals surface area contributed by atoms with Gasteiger partial charge in [-0.25, -0.2) is 8.42 Å². The molecule has 8 nitrogen and oxygen atoms in total. The first-order valence-corrected chi connectivity index (χ1v) is 16.4. The van der Waals surface area contributed by atoms with E-state index in [9.17, 15) is 18.0 Å². The summed E-state index contributed by atoms with van der Waals surface area (Å²) < 4.78 is 31.9. The fourth-order valence-corrected chi connectivity index (χ4v) is 6.43. The van der Waals surface area contributed by atoms with E-state index in [4.69, 9.17) is 27.9 Å². The summed E-state index contributed by atoms with van der Waals surface area (Å²) in [4.78, 5) is 28.5. The molecular formula is C29H39Cl2N3O5S. The lowest BCUT2D eigenvalue weighted by atomic mass is 10.1. The summed E-state index contributed by atoms with van der Waals surface area (Å²) >= 11 is 12.5. The van der Waals surface area contributed by atoms with Crippen LogP contribution < -0.4 is 14.4 Å². The molecule has 1 aliphatic carbocycles. The summed E-state index contributed by atoms with van der Waals surface area (Å²) in [5.41, 5.74) is 1.17. The smallest absolute Gasteiger partial charge is 0.243 e. The van der Waals surface area contributed by atoms with E-state index in [0.717, 1.165) is 31.9 Å². The van der Waals surface area contributed by atoms with Crippen molar-refractivity contribution >= 4 is 50.7 Å². The molecule has 2 aromatic carbocycles. The average molecular weight is 613 g/mol. The van der Waals surface area contributed by atoms with Crippen LogP contribution in [-0.2, 0) is 26.2 Å². The second kappa shape index (κ2) is 14.9. The number of nitrogens with zero attached hydrogens (tertiary/aromatic N) is 2. The molecule has 220 valence electrons. The Bertz CT molecular complexity index is 1250. The monoisotopic (exact) mass is 611 g/mol. The molecule has 1 fully saturated rings. The minimum absolute atomic E-state index is 0.0570. The standard InChI is InChI=1S/C29H39Cl2N3O5S/c1-4-27(29(36)32-23-9-6-7-10-23)33(20-21-12-13-22(30)19-26(21)31)28(35)11-8-18-34(40(3,37)38)24-14-16-25(17-15-24)39-5-2/h12-17,19,23,27H,4-11,18,20H2,1-3H3,(H,32,36)/t27-/m0/s1. The quantitative estimate of drug-likeness (QED) is 0.291. The maximum atomic E-state index is 13.6. The lowest BCUT2D eigenvalue weighted by molar-refractivity contribution is -0.141. The third kappa shape index (κ3) is 9.01. The molecule has 1 saturated carbocycles. The van der Waals surface area contributed by atoms with Crippen LogP contribution in [0.4, 0.5) is 5.69 Å². The van der Waals surface area contributed by atoms with Gasteiger partial charge in [0.05, 0.1) is 18.6 Å². The number of carbonyl (C=O) groups excluding carboxylic acids is 2. The van der Waals surface area contributed by atoms with Crippen LogP contribution in [0, 0.1) is 0 Å². The van der Waals surface area contributed by atoms with Gasteiger partial charge in [-0.2, -0.15) is 0 Å². The molecule has 0 radical (unpaired) electrons. The summed E-state index contributed by atoms with van der Waals surface area (Å²) in [5, 5.41) is 4.01. The predicted octanol–water partition coefficient (Wildman–Crippen LogP) is 5.80. The van der Waals surface area contributed by atoms with Crippen molar-refractivity contribution in [1.29, 1.82) is 0 Å². The van der Waals surface area contributed by atoms with Gasteiger partial charge in [-0.05, 0) is 74.6 Å². The maximum Gasteiger partial charge on any atom is 0.243 e. The summed E-state index contributed by atoms with van der Waals surface area (Å²) in [6, 6.07) is 11.3. The molecule has 0 bridgehead atoms. The minimum Gasteiger partial charge on any atom is -0.494 e. The molecule has 0 spiro atoms. The summed E-state index contributed by atoms with van der Waals surface area (Å²) in [6.07, 6.45) is 5.92. The number of sulfonamides is 1.